The summed E-state index contributed by atoms with van der Waals surface area (Å²) in [6.45, 7) is 2.31. The van der Waals surface area contributed by atoms with Crippen LogP contribution >= 0.6 is 0 Å². The molecule has 0 aliphatic rings. The largest absolute Gasteiger partial charge is 0.493 e. The lowest BCUT2D eigenvalue weighted by Gasteiger charge is -2.15. The van der Waals surface area contributed by atoms with Crippen LogP contribution in [0.4, 0.5) is 17.6 Å². The Morgan fingerprint density at radius 2 is 1.64 bits per heavy atom. The van der Waals surface area contributed by atoms with Crippen LogP contribution in [0.25, 0.3) is 11.5 Å². The quantitative estimate of drug-likeness (QED) is 0.219. The smallest absolute Gasteiger partial charge is 0.416 e. The average molecular weight is 543 g/mol. The number of benzene rings is 3. The molecule has 0 spiro atoms. The maximum absolute atomic E-state index is 13.1. The summed E-state index contributed by atoms with van der Waals surface area (Å²) in [5, 5.41) is 12.6. The maximum atomic E-state index is 13.1. The summed E-state index contributed by atoms with van der Waals surface area (Å²) < 4.78 is 62.9. The summed E-state index contributed by atoms with van der Waals surface area (Å²) in [4.78, 5) is 16.1. The van der Waals surface area contributed by atoms with Crippen LogP contribution in [0.5, 0.6) is 5.75 Å². The minimum Gasteiger partial charge on any atom is -0.493 e. The van der Waals surface area contributed by atoms with Gasteiger partial charge in [0.1, 0.15) is 23.4 Å². The van der Waals surface area contributed by atoms with Crippen molar-refractivity contribution in [1.82, 2.24) is 10.3 Å². The first-order valence-electron chi connectivity index (χ1n) is 12.1. The first kappa shape index (κ1) is 27.8. The van der Waals surface area contributed by atoms with Crippen LogP contribution in [0.15, 0.2) is 77.2 Å². The Kier molecular flexibility index (Phi) is 8.65. The lowest BCUT2D eigenvalue weighted by atomic mass is 10.1. The van der Waals surface area contributed by atoms with Gasteiger partial charge >= 0.3 is 12.1 Å². The molecule has 0 aliphatic heterocycles. The summed E-state index contributed by atoms with van der Waals surface area (Å²) in [6, 6.07) is 16.7. The molecule has 0 amide bonds. The molecule has 10 heteroatoms. The van der Waals surface area contributed by atoms with Crippen LogP contribution in [0.3, 0.4) is 0 Å². The molecule has 4 aromatic rings. The molecule has 39 heavy (non-hydrogen) atoms. The second kappa shape index (κ2) is 12.1. The number of hydrogen-bond acceptors (Lipinski definition) is 5. The van der Waals surface area contributed by atoms with E-state index in [0.29, 0.717) is 35.7 Å². The highest BCUT2D eigenvalue weighted by Crippen LogP contribution is 2.31. The molecule has 0 saturated carbocycles. The van der Waals surface area contributed by atoms with E-state index in [-0.39, 0.29) is 24.7 Å². The van der Waals surface area contributed by atoms with Crippen molar-refractivity contribution in [2.45, 2.75) is 38.5 Å². The first-order valence-corrected chi connectivity index (χ1v) is 12.1. The Morgan fingerprint density at radius 3 is 2.26 bits per heavy atom. The van der Waals surface area contributed by atoms with Crippen molar-refractivity contribution in [3.05, 3.63) is 107 Å². The van der Waals surface area contributed by atoms with Gasteiger partial charge in [0.05, 0.1) is 17.9 Å². The Morgan fingerprint density at radius 1 is 1.00 bits per heavy atom. The number of aryl methyl sites for hydroxylation is 1. The van der Waals surface area contributed by atoms with Crippen molar-refractivity contribution in [3.63, 3.8) is 0 Å². The molecule has 1 atom stereocenters. The third-order valence-electron chi connectivity index (χ3n) is 6.09. The number of halogens is 4. The van der Waals surface area contributed by atoms with Crippen LogP contribution in [0.1, 0.15) is 28.1 Å². The molecule has 0 aliphatic carbocycles. The van der Waals surface area contributed by atoms with Gasteiger partial charge < -0.3 is 19.6 Å². The van der Waals surface area contributed by atoms with E-state index in [9.17, 15) is 27.5 Å². The normalized spacial score (nSPS) is 12.3. The summed E-state index contributed by atoms with van der Waals surface area (Å²) in [7, 11) is 0. The van der Waals surface area contributed by atoms with Gasteiger partial charge in [-0.3, -0.25) is 4.79 Å². The molecule has 0 fully saturated rings. The third kappa shape index (κ3) is 7.67. The zero-order valence-corrected chi connectivity index (χ0v) is 21.0. The SMILES string of the molecule is Cc1oc(-c2ccc(C(F)(F)F)cc2)nc1CCOc1ccc(C[C@H](NCc2ccc(F)cc2)C(=O)O)cc1. The van der Waals surface area contributed by atoms with E-state index in [0.717, 1.165) is 23.3 Å². The van der Waals surface area contributed by atoms with Gasteiger partial charge in [-0.25, -0.2) is 9.37 Å². The van der Waals surface area contributed by atoms with Gasteiger partial charge in [-0.05, 0) is 73.0 Å². The molecule has 4 rings (SSSR count). The van der Waals surface area contributed by atoms with E-state index in [2.05, 4.69) is 10.3 Å². The Balaban J connectivity index is 1.28. The van der Waals surface area contributed by atoms with Gasteiger partial charge in [-0.2, -0.15) is 13.2 Å². The number of nitrogens with one attached hydrogen (secondary N) is 1. The molecule has 0 unspecified atom stereocenters. The van der Waals surface area contributed by atoms with Crippen molar-refractivity contribution in [2.75, 3.05) is 6.61 Å². The van der Waals surface area contributed by atoms with Crippen LogP contribution in [-0.4, -0.2) is 28.7 Å². The number of rotatable bonds is 11. The predicted octanol–water partition coefficient (Wildman–Crippen LogP) is 6.21. The number of nitrogens with zero attached hydrogens (tertiary/aromatic N) is 1. The maximum Gasteiger partial charge on any atom is 0.416 e. The number of carboxylic acids is 1. The fraction of sp³-hybridized carbons (Fsp3) is 0.241. The van der Waals surface area contributed by atoms with Crippen molar-refractivity contribution in [1.29, 1.82) is 0 Å². The highest BCUT2D eigenvalue weighted by atomic mass is 19.4. The molecular weight excluding hydrogens is 516 g/mol. The molecule has 2 N–H and O–H groups in total. The summed E-state index contributed by atoms with van der Waals surface area (Å²) in [6.07, 6.45) is -3.74. The minimum atomic E-state index is -4.41. The zero-order valence-electron chi connectivity index (χ0n) is 21.0. The fourth-order valence-electron chi connectivity index (χ4n) is 3.90. The zero-order chi connectivity index (χ0) is 28.0. The van der Waals surface area contributed by atoms with Crippen molar-refractivity contribution in [2.24, 2.45) is 0 Å². The van der Waals surface area contributed by atoms with Gasteiger partial charge in [-0.15, -0.1) is 0 Å². The summed E-state index contributed by atoms with van der Waals surface area (Å²) in [5.74, 6) is 0.0401. The van der Waals surface area contributed by atoms with E-state index in [1.807, 2.05) is 0 Å². The van der Waals surface area contributed by atoms with Crippen LogP contribution in [0, 0.1) is 12.7 Å². The van der Waals surface area contributed by atoms with Gasteiger partial charge in [0, 0.05) is 18.5 Å². The molecule has 0 radical (unpaired) electrons. The number of ether oxygens (including phenoxy) is 1. The lowest BCUT2D eigenvalue weighted by Crippen LogP contribution is -2.38. The van der Waals surface area contributed by atoms with Gasteiger partial charge in [0.2, 0.25) is 5.89 Å². The standard InChI is InChI=1S/C29H26F4N2O4/c1-18-25(35-27(39-18)21-6-8-22(9-7-21)29(31,32)33)14-15-38-24-12-4-19(5-13-24)16-26(28(36)37)34-17-20-2-10-23(30)11-3-20/h2-13,26,34H,14-17H2,1H3,(H,36,37)/t26-/m0/s1. The second-order valence-corrected chi connectivity index (χ2v) is 8.94. The summed E-state index contributed by atoms with van der Waals surface area (Å²) in [5.41, 5.74) is 1.92. The lowest BCUT2D eigenvalue weighted by molar-refractivity contribution is -0.139. The topological polar surface area (TPSA) is 84.6 Å². The highest BCUT2D eigenvalue weighted by Gasteiger charge is 2.30. The Bertz CT molecular complexity index is 1380. The number of oxazole rings is 1. The van der Waals surface area contributed by atoms with E-state index >= 15 is 0 Å². The first-order chi connectivity index (χ1) is 18.6. The van der Waals surface area contributed by atoms with Crippen LogP contribution in [0.2, 0.25) is 0 Å². The predicted molar refractivity (Wildman–Crippen MR) is 136 cm³/mol. The fourth-order valence-corrected chi connectivity index (χ4v) is 3.90. The van der Waals surface area contributed by atoms with E-state index in [1.165, 1.54) is 24.3 Å². The molecule has 1 aromatic heterocycles. The number of alkyl halides is 3. The molecule has 204 valence electrons. The molecular formula is C29H26F4N2O4. The molecule has 0 saturated heterocycles. The number of aliphatic carboxylic acids is 1. The van der Waals surface area contributed by atoms with E-state index in [4.69, 9.17) is 9.15 Å². The van der Waals surface area contributed by atoms with Gasteiger partial charge in [-0.1, -0.05) is 24.3 Å². The average Bonchev–Trinajstić information content (AvgIpc) is 3.28. The van der Waals surface area contributed by atoms with Crippen molar-refractivity contribution < 1.29 is 36.6 Å². The van der Waals surface area contributed by atoms with E-state index < -0.39 is 23.8 Å². The van der Waals surface area contributed by atoms with Crippen LogP contribution in [-0.2, 0) is 30.4 Å². The van der Waals surface area contributed by atoms with Crippen LogP contribution < -0.4 is 10.1 Å². The monoisotopic (exact) mass is 542 g/mol. The Labute approximate surface area is 222 Å². The summed E-state index contributed by atoms with van der Waals surface area (Å²) >= 11 is 0. The number of hydrogen-bond donors (Lipinski definition) is 2. The third-order valence-corrected chi connectivity index (χ3v) is 6.09. The Hall–Kier alpha value is -4.18. The number of aromatic nitrogens is 1. The van der Waals surface area contributed by atoms with Gasteiger partial charge in [0.15, 0.2) is 0 Å². The van der Waals surface area contributed by atoms with Gasteiger partial charge in [0.25, 0.3) is 0 Å². The molecule has 1 heterocycles. The number of carbonyl (C=O) groups is 1. The highest BCUT2D eigenvalue weighted by molar-refractivity contribution is 5.74. The van der Waals surface area contributed by atoms with E-state index in [1.54, 1.807) is 43.3 Å². The van der Waals surface area contributed by atoms with Crippen molar-refractivity contribution >= 4 is 5.97 Å². The van der Waals surface area contributed by atoms with Crippen molar-refractivity contribution in [3.8, 4) is 17.2 Å². The number of carboxylic acid groups (broad SMARTS) is 1. The molecule has 3 aromatic carbocycles. The minimum absolute atomic E-state index is 0.238. The molecule has 0 bridgehead atoms. The second-order valence-electron chi connectivity index (χ2n) is 8.94. The molecule has 6 nitrogen and oxygen atoms in total.